The fraction of sp³-hybridized carbons (Fsp3) is 0.600. The second kappa shape index (κ2) is 8.19. The highest BCUT2D eigenvalue weighted by Crippen LogP contribution is 2.25. The van der Waals surface area contributed by atoms with Crippen LogP contribution in [0.5, 0.6) is 0 Å². The Morgan fingerprint density at radius 1 is 1.41 bits per heavy atom. The van der Waals surface area contributed by atoms with Gasteiger partial charge >= 0.3 is 6.03 Å². The SMILES string of the molecule is COCCCN(C)C(=O)N1CCN(c2ccncc2Cl)CC1. The molecule has 1 aliphatic rings. The van der Waals surface area contributed by atoms with Crippen LogP contribution in [0.15, 0.2) is 18.5 Å². The molecule has 1 aliphatic heterocycles. The van der Waals surface area contributed by atoms with E-state index in [4.69, 9.17) is 16.3 Å². The third-order valence-corrected chi connectivity index (χ3v) is 4.10. The Hall–Kier alpha value is -1.53. The molecule has 0 unspecified atom stereocenters. The van der Waals surface area contributed by atoms with Crippen LogP contribution in [0.25, 0.3) is 0 Å². The number of amides is 2. The van der Waals surface area contributed by atoms with Crippen LogP contribution in [0.1, 0.15) is 6.42 Å². The Kier molecular flexibility index (Phi) is 6.27. The summed E-state index contributed by atoms with van der Waals surface area (Å²) >= 11 is 6.17. The van der Waals surface area contributed by atoms with Gasteiger partial charge in [-0.1, -0.05) is 11.6 Å². The summed E-state index contributed by atoms with van der Waals surface area (Å²) in [6, 6.07) is 1.99. The van der Waals surface area contributed by atoms with E-state index >= 15 is 0 Å². The van der Waals surface area contributed by atoms with Crippen molar-refractivity contribution in [3.8, 4) is 0 Å². The number of nitrogens with zero attached hydrogens (tertiary/aromatic N) is 4. The van der Waals surface area contributed by atoms with E-state index in [9.17, 15) is 4.79 Å². The van der Waals surface area contributed by atoms with Gasteiger partial charge in [0, 0.05) is 65.9 Å². The molecular formula is C15H23ClN4O2. The molecule has 0 aromatic carbocycles. The monoisotopic (exact) mass is 326 g/mol. The van der Waals surface area contributed by atoms with E-state index in [2.05, 4.69) is 9.88 Å². The third-order valence-electron chi connectivity index (χ3n) is 3.81. The zero-order chi connectivity index (χ0) is 15.9. The average Bonchev–Trinajstić information content (AvgIpc) is 2.55. The molecule has 1 aromatic rings. The first-order valence-corrected chi connectivity index (χ1v) is 7.84. The van der Waals surface area contributed by atoms with Crippen LogP contribution in [0.2, 0.25) is 5.02 Å². The predicted molar refractivity (Wildman–Crippen MR) is 87.6 cm³/mol. The topological polar surface area (TPSA) is 48.9 Å². The van der Waals surface area contributed by atoms with E-state index in [-0.39, 0.29) is 6.03 Å². The number of rotatable bonds is 5. The molecule has 7 heteroatoms. The number of hydrogen-bond acceptors (Lipinski definition) is 4. The van der Waals surface area contributed by atoms with Crippen molar-refractivity contribution in [2.45, 2.75) is 6.42 Å². The molecule has 1 saturated heterocycles. The van der Waals surface area contributed by atoms with Crippen LogP contribution in [0.4, 0.5) is 10.5 Å². The van der Waals surface area contributed by atoms with E-state index in [1.165, 1.54) is 0 Å². The van der Waals surface area contributed by atoms with Gasteiger partial charge in [0.05, 0.1) is 10.7 Å². The fourth-order valence-electron chi connectivity index (χ4n) is 2.55. The van der Waals surface area contributed by atoms with Gasteiger partial charge in [0.1, 0.15) is 0 Å². The van der Waals surface area contributed by atoms with Crippen LogP contribution < -0.4 is 4.90 Å². The summed E-state index contributed by atoms with van der Waals surface area (Å²) in [6.07, 6.45) is 4.24. The molecule has 0 bridgehead atoms. The molecule has 2 amide bonds. The molecule has 0 radical (unpaired) electrons. The fourth-order valence-corrected chi connectivity index (χ4v) is 2.78. The molecule has 122 valence electrons. The maximum atomic E-state index is 12.4. The Bertz CT molecular complexity index is 492. The van der Waals surface area contributed by atoms with E-state index in [1.54, 1.807) is 24.4 Å². The van der Waals surface area contributed by atoms with Gasteiger partial charge in [-0.3, -0.25) is 4.98 Å². The minimum Gasteiger partial charge on any atom is -0.385 e. The van der Waals surface area contributed by atoms with Crippen LogP contribution in [-0.4, -0.2) is 74.3 Å². The van der Waals surface area contributed by atoms with Crippen molar-refractivity contribution < 1.29 is 9.53 Å². The molecule has 0 N–H and O–H groups in total. The maximum absolute atomic E-state index is 12.4. The number of urea groups is 1. The highest BCUT2D eigenvalue weighted by molar-refractivity contribution is 6.33. The van der Waals surface area contributed by atoms with Crippen molar-refractivity contribution in [1.82, 2.24) is 14.8 Å². The van der Waals surface area contributed by atoms with Crippen molar-refractivity contribution in [2.75, 3.05) is 58.4 Å². The molecule has 0 spiro atoms. The minimum absolute atomic E-state index is 0.0802. The number of ether oxygens (including phenoxy) is 1. The van der Waals surface area contributed by atoms with Gasteiger partial charge in [-0.25, -0.2) is 4.79 Å². The number of halogens is 1. The normalized spacial score (nSPS) is 15.0. The number of hydrogen-bond donors (Lipinski definition) is 0. The lowest BCUT2D eigenvalue weighted by Crippen LogP contribution is -2.52. The van der Waals surface area contributed by atoms with Gasteiger partial charge in [-0.15, -0.1) is 0 Å². The lowest BCUT2D eigenvalue weighted by Gasteiger charge is -2.38. The van der Waals surface area contributed by atoms with Crippen LogP contribution >= 0.6 is 11.6 Å². The largest absolute Gasteiger partial charge is 0.385 e. The van der Waals surface area contributed by atoms with Gasteiger partial charge in [-0.05, 0) is 12.5 Å². The summed E-state index contributed by atoms with van der Waals surface area (Å²) in [5, 5.41) is 0.652. The number of aromatic nitrogens is 1. The molecule has 1 fully saturated rings. The zero-order valence-corrected chi connectivity index (χ0v) is 13.9. The molecule has 0 aliphatic carbocycles. The number of pyridine rings is 1. The number of carbonyl (C=O) groups is 1. The van der Waals surface area contributed by atoms with Gasteiger partial charge < -0.3 is 19.4 Å². The molecule has 1 aromatic heterocycles. The van der Waals surface area contributed by atoms with Crippen molar-refractivity contribution in [2.24, 2.45) is 0 Å². The van der Waals surface area contributed by atoms with E-state index in [0.29, 0.717) is 31.3 Å². The zero-order valence-electron chi connectivity index (χ0n) is 13.2. The van der Waals surface area contributed by atoms with Crippen molar-refractivity contribution in [3.05, 3.63) is 23.5 Å². The minimum atomic E-state index is 0.0802. The number of piperazine rings is 1. The molecule has 2 rings (SSSR count). The van der Waals surface area contributed by atoms with Crippen molar-refractivity contribution in [3.63, 3.8) is 0 Å². The van der Waals surface area contributed by atoms with Crippen molar-refractivity contribution >= 4 is 23.3 Å². The Labute approximate surface area is 136 Å². The highest BCUT2D eigenvalue weighted by Gasteiger charge is 2.24. The summed E-state index contributed by atoms with van der Waals surface area (Å²) in [5.41, 5.74) is 0.984. The highest BCUT2D eigenvalue weighted by atomic mass is 35.5. The third kappa shape index (κ3) is 4.24. The first-order valence-electron chi connectivity index (χ1n) is 7.47. The average molecular weight is 327 g/mol. The van der Waals surface area contributed by atoms with E-state index in [1.807, 2.05) is 18.0 Å². The second-order valence-electron chi connectivity index (χ2n) is 5.35. The summed E-state index contributed by atoms with van der Waals surface area (Å²) in [5.74, 6) is 0. The summed E-state index contributed by atoms with van der Waals surface area (Å²) in [4.78, 5) is 22.2. The second-order valence-corrected chi connectivity index (χ2v) is 5.76. The van der Waals surface area contributed by atoms with Crippen LogP contribution in [0.3, 0.4) is 0 Å². The Morgan fingerprint density at radius 3 is 2.77 bits per heavy atom. The molecule has 2 heterocycles. The number of carbonyl (C=O) groups excluding carboxylic acids is 1. The van der Waals surface area contributed by atoms with Gasteiger partial charge in [0.15, 0.2) is 0 Å². The quantitative estimate of drug-likeness (QED) is 0.776. The molecule has 6 nitrogen and oxygen atoms in total. The standard InChI is InChI=1S/C15H23ClN4O2/c1-18(6-3-11-22-2)15(21)20-9-7-19(8-10-20)14-4-5-17-12-13(14)16/h4-5,12H,3,6-11H2,1-2H3. The van der Waals surface area contributed by atoms with Crippen molar-refractivity contribution in [1.29, 1.82) is 0 Å². The van der Waals surface area contributed by atoms with Gasteiger partial charge in [0.2, 0.25) is 0 Å². The molecule has 22 heavy (non-hydrogen) atoms. The van der Waals surface area contributed by atoms with E-state index in [0.717, 1.165) is 25.2 Å². The maximum Gasteiger partial charge on any atom is 0.319 e. The molecule has 0 saturated carbocycles. The molecule has 0 atom stereocenters. The Morgan fingerprint density at radius 2 is 2.14 bits per heavy atom. The van der Waals surface area contributed by atoms with Crippen LogP contribution in [-0.2, 0) is 4.74 Å². The number of anilines is 1. The van der Waals surface area contributed by atoms with Gasteiger partial charge in [0.25, 0.3) is 0 Å². The predicted octanol–water partition coefficient (Wildman–Crippen LogP) is 1.95. The summed E-state index contributed by atoms with van der Waals surface area (Å²) in [6.45, 7) is 4.34. The smallest absolute Gasteiger partial charge is 0.319 e. The van der Waals surface area contributed by atoms with E-state index < -0.39 is 0 Å². The Balaban J connectivity index is 1.84. The molecular weight excluding hydrogens is 304 g/mol. The summed E-state index contributed by atoms with van der Waals surface area (Å²) < 4.78 is 5.02. The lowest BCUT2D eigenvalue weighted by molar-refractivity contribution is 0.148. The van der Waals surface area contributed by atoms with Gasteiger partial charge in [-0.2, -0.15) is 0 Å². The first kappa shape index (κ1) is 16.8. The summed E-state index contributed by atoms with van der Waals surface area (Å²) in [7, 11) is 3.51. The lowest BCUT2D eigenvalue weighted by atomic mass is 10.2. The first-order chi connectivity index (χ1) is 10.6. The number of methoxy groups -OCH3 is 1. The van der Waals surface area contributed by atoms with Crippen LogP contribution in [0, 0.1) is 0 Å².